The van der Waals surface area contributed by atoms with Crippen molar-refractivity contribution in [2.24, 2.45) is 5.92 Å². The summed E-state index contributed by atoms with van der Waals surface area (Å²) in [5.74, 6) is 0.796. The molecule has 0 atom stereocenters. The Labute approximate surface area is 100 Å². The molecule has 0 spiro atoms. The van der Waals surface area contributed by atoms with Crippen LogP contribution in [-0.2, 0) is 4.79 Å². The predicted molar refractivity (Wildman–Crippen MR) is 67.1 cm³/mol. The number of aromatic nitrogens is 1. The third-order valence-electron chi connectivity index (χ3n) is 2.60. The van der Waals surface area contributed by atoms with Gasteiger partial charge in [0.1, 0.15) is 12.4 Å². The van der Waals surface area contributed by atoms with Crippen molar-refractivity contribution in [3.63, 3.8) is 0 Å². The summed E-state index contributed by atoms with van der Waals surface area (Å²) in [6.45, 7) is 3.86. The van der Waals surface area contributed by atoms with E-state index < -0.39 is 0 Å². The molecule has 0 unspecified atom stereocenters. The predicted octanol–water partition coefficient (Wildman–Crippen LogP) is 2.84. The minimum atomic E-state index is 0.00795. The van der Waals surface area contributed by atoms with Gasteiger partial charge in [0, 0.05) is 23.6 Å². The maximum absolute atomic E-state index is 11.4. The van der Waals surface area contributed by atoms with Crippen molar-refractivity contribution in [3.05, 3.63) is 36.5 Å². The van der Waals surface area contributed by atoms with Crippen molar-refractivity contribution in [2.45, 2.75) is 13.8 Å². The highest BCUT2D eigenvalue weighted by Crippen LogP contribution is 2.18. The second-order valence-electron chi connectivity index (χ2n) is 4.27. The lowest BCUT2D eigenvalue weighted by atomic mass is 10.1. The third-order valence-corrected chi connectivity index (χ3v) is 2.60. The first-order valence-electron chi connectivity index (χ1n) is 5.67. The zero-order chi connectivity index (χ0) is 12.3. The molecule has 3 nitrogen and oxygen atoms in total. The number of rotatable bonds is 4. The molecular weight excluding hydrogens is 214 g/mol. The molecular formula is C14H15NO2. The zero-order valence-corrected chi connectivity index (χ0v) is 10.0. The van der Waals surface area contributed by atoms with Gasteiger partial charge in [-0.1, -0.05) is 19.9 Å². The first-order chi connectivity index (χ1) is 8.16. The highest BCUT2D eigenvalue weighted by atomic mass is 16.5. The quantitative estimate of drug-likeness (QED) is 0.809. The maximum Gasteiger partial charge on any atom is 0.172 e. The molecule has 0 fully saturated rings. The van der Waals surface area contributed by atoms with Crippen LogP contribution in [0.5, 0.6) is 5.75 Å². The molecule has 1 aromatic heterocycles. The van der Waals surface area contributed by atoms with Crippen molar-refractivity contribution >= 4 is 16.7 Å². The molecule has 0 bridgehead atoms. The van der Waals surface area contributed by atoms with Gasteiger partial charge in [0.25, 0.3) is 0 Å². The largest absolute Gasteiger partial charge is 0.486 e. The number of hydrogen-bond acceptors (Lipinski definition) is 3. The topological polar surface area (TPSA) is 39.2 Å². The van der Waals surface area contributed by atoms with Gasteiger partial charge in [-0.3, -0.25) is 9.78 Å². The fourth-order valence-electron chi connectivity index (χ4n) is 1.46. The fourth-order valence-corrected chi connectivity index (χ4v) is 1.46. The summed E-state index contributed by atoms with van der Waals surface area (Å²) in [5.41, 5.74) is 0.877. The lowest BCUT2D eigenvalue weighted by molar-refractivity contribution is -0.123. The summed E-state index contributed by atoms with van der Waals surface area (Å²) in [6.07, 6.45) is 1.74. The number of nitrogens with zero attached hydrogens (tertiary/aromatic N) is 1. The molecule has 2 rings (SSSR count). The molecule has 0 saturated heterocycles. The summed E-state index contributed by atoms with van der Waals surface area (Å²) in [6, 6.07) is 9.54. The number of ether oxygens (including phenoxy) is 1. The van der Waals surface area contributed by atoms with Crippen molar-refractivity contribution < 1.29 is 9.53 Å². The Balaban J connectivity index is 2.12. The Morgan fingerprint density at radius 3 is 2.94 bits per heavy atom. The van der Waals surface area contributed by atoms with Crippen LogP contribution in [0.2, 0.25) is 0 Å². The normalized spacial score (nSPS) is 10.8. The maximum atomic E-state index is 11.4. The Morgan fingerprint density at radius 1 is 1.35 bits per heavy atom. The lowest BCUT2D eigenvalue weighted by Gasteiger charge is -2.07. The van der Waals surface area contributed by atoms with Crippen molar-refractivity contribution in [1.29, 1.82) is 0 Å². The van der Waals surface area contributed by atoms with Crippen LogP contribution in [-0.4, -0.2) is 17.4 Å². The Bertz CT molecular complexity index is 534. The SMILES string of the molecule is CC(C)C(=O)COc1ccc2cccnc2c1. The first kappa shape index (κ1) is 11.6. The zero-order valence-electron chi connectivity index (χ0n) is 10.0. The summed E-state index contributed by atoms with van der Waals surface area (Å²) in [7, 11) is 0. The molecule has 0 radical (unpaired) electrons. The van der Waals surface area contributed by atoms with Crippen LogP contribution in [0.1, 0.15) is 13.8 Å². The average molecular weight is 229 g/mol. The van der Waals surface area contributed by atoms with E-state index in [1.54, 1.807) is 6.20 Å². The van der Waals surface area contributed by atoms with E-state index in [1.165, 1.54) is 0 Å². The minimum absolute atomic E-state index is 0.00795. The molecule has 1 aromatic carbocycles. The molecule has 17 heavy (non-hydrogen) atoms. The van der Waals surface area contributed by atoms with E-state index in [0.717, 1.165) is 10.9 Å². The van der Waals surface area contributed by atoms with Crippen LogP contribution >= 0.6 is 0 Å². The molecule has 2 aromatic rings. The van der Waals surface area contributed by atoms with Gasteiger partial charge < -0.3 is 4.74 Å². The van der Waals surface area contributed by atoms with E-state index in [2.05, 4.69) is 4.98 Å². The summed E-state index contributed by atoms with van der Waals surface area (Å²) < 4.78 is 5.45. The smallest absolute Gasteiger partial charge is 0.172 e. The van der Waals surface area contributed by atoms with Gasteiger partial charge >= 0.3 is 0 Å². The van der Waals surface area contributed by atoms with Crippen molar-refractivity contribution in [3.8, 4) is 5.75 Å². The van der Waals surface area contributed by atoms with Gasteiger partial charge in [0.2, 0.25) is 0 Å². The number of carbonyl (C=O) groups excluding carboxylic acids is 1. The minimum Gasteiger partial charge on any atom is -0.486 e. The Morgan fingerprint density at radius 2 is 2.18 bits per heavy atom. The number of Topliss-reactive ketones (excluding diaryl/α,β-unsaturated/α-hetero) is 1. The average Bonchev–Trinajstić information content (AvgIpc) is 2.35. The van der Waals surface area contributed by atoms with Gasteiger partial charge in [0.15, 0.2) is 5.78 Å². The molecule has 0 amide bonds. The number of pyridine rings is 1. The third kappa shape index (κ3) is 2.81. The van der Waals surface area contributed by atoms with Crippen LogP contribution in [0.4, 0.5) is 0 Å². The summed E-state index contributed by atoms with van der Waals surface area (Å²) in [4.78, 5) is 15.7. The monoisotopic (exact) mass is 229 g/mol. The summed E-state index contributed by atoms with van der Waals surface area (Å²) >= 11 is 0. The van der Waals surface area contributed by atoms with Crippen LogP contribution < -0.4 is 4.74 Å². The fraction of sp³-hybridized carbons (Fsp3) is 0.286. The molecule has 0 aliphatic heterocycles. The van der Waals surface area contributed by atoms with Crippen molar-refractivity contribution in [1.82, 2.24) is 4.98 Å². The highest BCUT2D eigenvalue weighted by molar-refractivity contribution is 5.82. The Kier molecular flexibility index (Phi) is 3.38. The van der Waals surface area contributed by atoms with E-state index in [-0.39, 0.29) is 18.3 Å². The number of hydrogen-bond donors (Lipinski definition) is 0. The van der Waals surface area contributed by atoms with Crippen LogP contribution in [0.3, 0.4) is 0 Å². The lowest BCUT2D eigenvalue weighted by Crippen LogP contribution is -2.16. The number of ketones is 1. The molecule has 88 valence electrons. The Hall–Kier alpha value is -1.90. The van der Waals surface area contributed by atoms with E-state index >= 15 is 0 Å². The van der Waals surface area contributed by atoms with Gasteiger partial charge in [-0.05, 0) is 18.2 Å². The van der Waals surface area contributed by atoms with E-state index in [4.69, 9.17) is 4.74 Å². The summed E-state index contributed by atoms with van der Waals surface area (Å²) in [5, 5.41) is 1.06. The van der Waals surface area contributed by atoms with E-state index in [0.29, 0.717) is 5.75 Å². The number of benzene rings is 1. The molecule has 0 N–H and O–H groups in total. The van der Waals surface area contributed by atoms with Gasteiger partial charge in [-0.25, -0.2) is 0 Å². The molecule has 3 heteroatoms. The van der Waals surface area contributed by atoms with Crippen molar-refractivity contribution in [2.75, 3.05) is 6.61 Å². The van der Waals surface area contributed by atoms with E-state index in [1.807, 2.05) is 44.2 Å². The van der Waals surface area contributed by atoms with E-state index in [9.17, 15) is 4.79 Å². The van der Waals surface area contributed by atoms with Crippen LogP contribution in [0.25, 0.3) is 10.9 Å². The first-order valence-corrected chi connectivity index (χ1v) is 5.67. The van der Waals surface area contributed by atoms with Gasteiger partial charge in [0.05, 0.1) is 5.52 Å². The molecule has 0 saturated carbocycles. The second-order valence-corrected chi connectivity index (χ2v) is 4.27. The van der Waals surface area contributed by atoms with Crippen LogP contribution in [0, 0.1) is 5.92 Å². The van der Waals surface area contributed by atoms with Gasteiger partial charge in [-0.2, -0.15) is 0 Å². The second kappa shape index (κ2) is 4.95. The number of carbonyl (C=O) groups is 1. The number of fused-ring (bicyclic) bond motifs is 1. The standard InChI is InChI=1S/C14H15NO2/c1-10(2)14(16)9-17-12-6-5-11-4-3-7-15-13(11)8-12/h3-8,10H,9H2,1-2H3. The molecule has 1 heterocycles. The molecule has 0 aliphatic rings. The van der Waals surface area contributed by atoms with Crippen LogP contribution in [0.15, 0.2) is 36.5 Å². The highest BCUT2D eigenvalue weighted by Gasteiger charge is 2.08. The van der Waals surface area contributed by atoms with Gasteiger partial charge in [-0.15, -0.1) is 0 Å². The molecule has 0 aliphatic carbocycles.